The first-order valence-electron chi connectivity index (χ1n) is 8.64. The minimum Gasteiger partial charge on any atom is -0.348 e. The minimum absolute atomic E-state index is 0.425. The molecule has 1 aliphatic carbocycles. The molecule has 1 N–H and O–H groups in total. The van der Waals surface area contributed by atoms with E-state index >= 15 is 0 Å². The Labute approximate surface area is 133 Å². The van der Waals surface area contributed by atoms with Gasteiger partial charge in [-0.3, -0.25) is 0 Å². The Hall–Kier alpha value is -0.610. The van der Waals surface area contributed by atoms with Gasteiger partial charge in [-0.2, -0.15) is 0 Å². The summed E-state index contributed by atoms with van der Waals surface area (Å²) >= 11 is 1.91. The molecule has 2 heterocycles. The second-order valence-electron chi connectivity index (χ2n) is 6.76. The number of piperidine rings is 1. The molecular formula is C17H29N3S. The Balaban J connectivity index is 1.71. The number of thiazole rings is 1. The van der Waals surface area contributed by atoms with Gasteiger partial charge in [0.1, 0.15) is 0 Å². The molecule has 1 aliphatic heterocycles. The van der Waals surface area contributed by atoms with Crippen molar-refractivity contribution in [3.8, 4) is 0 Å². The van der Waals surface area contributed by atoms with Crippen LogP contribution in [-0.2, 0) is 0 Å². The summed E-state index contributed by atoms with van der Waals surface area (Å²) in [6.07, 6.45) is 7.18. The zero-order valence-electron chi connectivity index (χ0n) is 13.7. The lowest BCUT2D eigenvalue weighted by Gasteiger charge is -2.41. The van der Waals surface area contributed by atoms with E-state index in [-0.39, 0.29) is 0 Å². The highest BCUT2D eigenvalue weighted by atomic mass is 32.1. The van der Waals surface area contributed by atoms with Gasteiger partial charge in [0.2, 0.25) is 0 Å². The zero-order valence-corrected chi connectivity index (χ0v) is 14.5. The Morgan fingerprint density at radius 3 is 2.81 bits per heavy atom. The number of aryl methyl sites for hydroxylation is 1. The summed E-state index contributed by atoms with van der Waals surface area (Å²) in [4.78, 5) is 8.86. The molecule has 1 aromatic rings. The first kappa shape index (κ1) is 15.3. The van der Waals surface area contributed by atoms with E-state index in [2.05, 4.69) is 31.0 Å². The highest BCUT2D eigenvalue weighted by Gasteiger charge is 2.32. The predicted octanol–water partition coefficient (Wildman–Crippen LogP) is 4.14. The van der Waals surface area contributed by atoms with Crippen molar-refractivity contribution in [1.82, 2.24) is 10.3 Å². The molecule has 3 rings (SSSR count). The van der Waals surface area contributed by atoms with E-state index in [0.29, 0.717) is 6.04 Å². The van der Waals surface area contributed by atoms with Gasteiger partial charge >= 0.3 is 0 Å². The predicted molar refractivity (Wildman–Crippen MR) is 91.2 cm³/mol. The van der Waals surface area contributed by atoms with Crippen LogP contribution in [0.2, 0.25) is 0 Å². The molecule has 0 aromatic carbocycles. The van der Waals surface area contributed by atoms with Crippen LogP contribution in [0.4, 0.5) is 5.13 Å². The van der Waals surface area contributed by atoms with E-state index in [1.807, 2.05) is 11.3 Å². The van der Waals surface area contributed by atoms with Crippen molar-refractivity contribution in [1.29, 1.82) is 0 Å². The lowest BCUT2D eigenvalue weighted by Crippen LogP contribution is -2.41. The SMILES string of the molecule is CCNC(C)c1sc(N2CCC3CCCCC3C2)nc1C. The van der Waals surface area contributed by atoms with Crippen LogP contribution in [0, 0.1) is 18.8 Å². The van der Waals surface area contributed by atoms with E-state index in [9.17, 15) is 0 Å². The lowest BCUT2D eigenvalue weighted by atomic mass is 9.75. The van der Waals surface area contributed by atoms with E-state index in [4.69, 9.17) is 4.98 Å². The van der Waals surface area contributed by atoms with Gasteiger partial charge < -0.3 is 10.2 Å². The molecule has 1 saturated heterocycles. The highest BCUT2D eigenvalue weighted by Crippen LogP contribution is 2.39. The Morgan fingerprint density at radius 2 is 2.05 bits per heavy atom. The Bertz CT molecular complexity index is 471. The second kappa shape index (κ2) is 6.66. The van der Waals surface area contributed by atoms with Crippen LogP contribution in [0.25, 0.3) is 0 Å². The van der Waals surface area contributed by atoms with Gasteiger partial charge in [0.15, 0.2) is 5.13 Å². The topological polar surface area (TPSA) is 28.2 Å². The Kier molecular flexibility index (Phi) is 4.85. The first-order valence-corrected chi connectivity index (χ1v) is 9.46. The summed E-state index contributed by atoms with van der Waals surface area (Å²) in [6, 6.07) is 0.425. The standard InChI is InChI=1S/C17H29N3S/c1-4-18-12(2)16-13(3)19-17(21-16)20-10-9-14-7-5-6-8-15(14)11-20/h12,14-15,18H,4-11H2,1-3H3. The highest BCUT2D eigenvalue weighted by molar-refractivity contribution is 7.15. The van der Waals surface area contributed by atoms with E-state index in [0.717, 1.165) is 18.4 Å². The van der Waals surface area contributed by atoms with Crippen LogP contribution in [-0.4, -0.2) is 24.6 Å². The van der Waals surface area contributed by atoms with E-state index in [1.165, 1.54) is 60.9 Å². The third-order valence-electron chi connectivity index (χ3n) is 5.29. The van der Waals surface area contributed by atoms with Crippen LogP contribution in [0.1, 0.15) is 62.6 Å². The molecule has 4 heteroatoms. The van der Waals surface area contributed by atoms with Crippen molar-refractivity contribution in [2.45, 2.75) is 58.9 Å². The number of fused-ring (bicyclic) bond motifs is 1. The van der Waals surface area contributed by atoms with Gasteiger partial charge in [0, 0.05) is 24.0 Å². The summed E-state index contributed by atoms with van der Waals surface area (Å²) in [5.74, 6) is 1.92. The van der Waals surface area contributed by atoms with Crippen LogP contribution < -0.4 is 10.2 Å². The summed E-state index contributed by atoms with van der Waals surface area (Å²) in [7, 11) is 0. The van der Waals surface area contributed by atoms with Gasteiger partial charge in [-0.05, 0) is 45.1 Å². The fourth-order valence-corrected chi connectivity index (χ4v) is 5.23. The molecule has 118 valence electrons. The molecule has 1 aromatic heterocycles. The number of hydrogen-bond donors (Lipinski definition) is 1. The van der Waals surface area contributed by atoms with Crippen molar-refractivity contribution in [2.24, 2.45) is 11.8 Å². The number of nitrogens with one attached hydrogen (secondary N) is 1. The summed E-state index contributed by atoms with van der Waals surface area (Å²) < 4.78 is 0. The minimum atomic E-state index is 0.425. The molecule has 0 radical (unpaired) electrons. The van der Waals surface area contributed by atoms with Crippen LogP contribution in [0.5, 0.6) is 0 Å². The molecule has 2 aliphatic rings. The fourth-order valence-electron chi connectivity index (χ4n) is 4.10. The van der Waals surface area contributed by atoms with Crippen LogP contribution in [0.3, 0.4) is 0 Å². The number of rotatable bonds is 4. The van der Waals surface area contributed by atoms with Crippen LogP contribution >= 0.6 is 11.3 Å². The third kappa shape index (κ3) is 3.26. The second-order valence-corrected chi connectivity index (χ2v) is 7.77. The molecule has 3 unspecified atom stereocenters. The maximum Gasteiger partial charge on any atom is 0.185 e. The summed E-state index contributed by atoms with van der Waals surface area (Å²) in [5, 5.41) is 4.78. The average Bonchev–Trinajstić information content (AvgIpc) is 2.89. The molecular weight excluding hydrogens is 278 g/mol. The molecule has 0 spiro atoms. The normalized spacial score (nSPS) is 27.5. The van der Waals surface area contributed by atoms with Gasteiger partial charge in [-0.1, -0.05) is 26.2 Å². The van der Waals surface area contributed by atoms with Gasteiger partial charge in [0.05, 0.1) is 5.69 Å². The zero-order chi connectivity index (χ0) is 14.8. The largest absolute Gasteiger partial charge is 0.348 e. The molecule has 21 heavy (non-hydrogen) atoms. The van der Waals surface area contributed by atoms with Crippen molar-refractivity contribution in [2.75, 3.05) is 24.5 Å². The van der Waals surface area contributed by atoms with Gasteiger partial charge in [-0.25, -0.2) is 4.98 Å². The Morgan fingerprint density at radius 1 is 1.29 bits per heavy atom. The smallest absolute Gasteiger partial charge is 0.185 e. The fraction of sp³-hybridized carbons (Fsp3) is 0.824. The summed E-state index contributed by atoms with van der Waals surface area (Å²) in [5.41, 5.74) is 1.22. The number of anilines is 1. The maximum atomic E-state index is 4.88. The lowest BCUT2D eigenvalue weighted by molar-refractivity contribution is 0.202. The molecule has 2 fully saturated rings. The first-order chi connectivity index (χ1) is 10.2. The third-order valence-corrected chi connectivity index (χ3v) is 6.69. The van der Waals surface area contributed by atoms with Crippen molar-refractivity contribution < 1.29 is 0 Å². The van der Waals surface area contributed by atoms with Crippen molar-refractivity contribution in [3.63, 3.8) is 0 Å². The number of hydrogen-bond acceptors (Lipinski definition) is 4. The number of aromatic nitrogens is 1. The van der Waals surface area contributed by atoms with E-state index < -0.39 is 0 Å². The molecule has 3 nitrogen and oxygen atoms in total. The van der Waals surface area contributed by atoms with Crippen molar-refractivity contribution >= 4 is 16.5 Å². The number of nitrogens with zero attached hydrogens (tertiary/aromatic N) is 2. The van der Waals surface area contributed by atoms with Gasteiger partial charge in [-0.15, -0.1) is 11.3 Å². The quantitative estimate of drug-likeness (QED) is 0.906. The van der Waals surface area contributed by atoms with E-state index in [1.54, 1.807) is 0 Å². The average molecular weight is 308 g/mol. The summed E-state index contributed by atoms with van der Waals surface area (Å²) in [6.45, 7) is 10.1. The van der Waals surface area contributed by atoms with Crippen LogP contribution in [0.15, 0.2) is 0 Å². The maximum absolute atomic E-state index is 4.88. The monoisotopic (exact) mass is 307 g/mol. The van der Waals surface area contributed by atoms with Crippen molar-refractivity contribution in [3.05, 3.63) is 10.6 Å². The molecule has 0 amide bonds. The molecule has 1 saturated carbocycles. The van der Waals surface area contributed by atoms with Gasteiger partial charge in [0.25, 0.3) is 0 Å². The molecule has 3 atom stereocenters. The molecule has 0 bridgehead atoms.